The van der Waals surface area contributed by atoms with Gasteiger partial charge in [-0.25, -0.2) is 0 Å². The molecule has 3 rings (SSSR count). The quantitative estimate of drug-likeness (QED) is 0.444. The van der Waals surface area contributed by atoms with Crippen LogP contribution in [0.4, 0.5) is 0 Å². The summed E-state index contributed by atoms with van der Waals surface area (Å²) in [5.74, 6) is 2.21. The summed E-state index contributed by atoms with van der Waals surface area (Å²) >= 11 is 0. The molecule has 1 heterocycles. The summed E-state index contributed by atoms with van der Waals surface area (Å²) in [5, 5.41) is 7.95. The summed E-state index contributed by atoms with van der Waals surface area (Å²) in [6.07, 6.45) is 2.98. The second kappa shape index (κ2) is 8.98. The van der Waals surface area contributed by atoms with Crippen molar-refractivity contribution in [2.24, 2.45) is 4.99 Å². The normalized spacial score (nSPS) is 11.4. The molecular formula is C21H26N4O2. The fraction of sp³-hybridized carbons (Fsp3) is 0.286. The van der Waals surface area contributed by atoms with Gasteiger partial charge in [-0.05, 0) is 24.1 Å². The molecule has 3 N–H and O–H groups in total. The van der Waals surface area contributed by atoms with E-state index < -0.39 is 0 Å². The van der Waals surface area contributed by atoms with E-state index in [2.05, 4.69) is 45.0 Å². The summed E-state index contributed by atoms with van der Waals surface area (Å²) in [6, 6.07) is 14.2. The van der Waals surface area contributed by atoms with Gasteiger partial charge in [0, 0.05) is 42.8 Å². The van der Waals surface area contributed by atoms with Crippen LogP contribution in [-0.2, 0) is 13.0 Å². The topological polar surface area (TPSA) is 70.7 Å². The fourth-order valence-electron chi connectivity index (χ4n) is 3.15. The van der Waals surface area contributed by atoms with Crippen LogP contribution in [0.2, 0.25) is 0 Å². The first-order valence-electron chi connectivity index (χ1n) is 8.96. The first-order chi connectivity index (χ1) is 13.3. The number of nitrogens with one attached hydrogen (secondary N) is 3. The summed E-state index contributed by atoms with van der Waals surface area (Å²) in [4.78, 5) is 7.61. The van der Waals surface area contributed by atoms with Gasteiger partial charge in [-0.3, -0.25) is 4.99 Å². The molecule has 0 amide bonds. The van der Waals surface area contributed by atoms with E-state index in [1.807, 2.05) is 24.3 Å². The van der Waals surface area contributed by atoms with Crippen LogP contribution in [0.25, 0.3) is 10.9 Å². The number of hydrogen-bond acceptors (Lipinski definition) is 3. The molecule has 0 fully saturated rings. The maximum absolute atomic E-state index is 5.48. The average Bonchev–Trinajstić information content (AvgIpc) is 3.13. The number of hydrogen-bond donors (Lipinski definition) is 3. The minimum absolute atomic E-state index is 0.590. The van der Waals surface area contributed by atoms with Crippen LogP contribution in [0.1, 0.15) is 11.1 Å². The Kier molecular flexibility index (Phi) is 6.20. The van der Waals surface area contributed by atoms with Crippen molar-refractivity contribution in [1.29, 1.82) is 0 Å². The highest BCUT2D eigenvalue weighted by Gasteiger charge is 2.10. The van der Waals surface area contributed by atoms with Crippen LogP contribution in [-0.4, -0.2) is 38.8 Å². The number of methoxy groups -OCH3 is 2. The van der Waals surface area contributed by atoms with Gasteiger partial charge in [0.2, 0.25) is 0 Å². The number of aromatic nitrogens is 1. The number of aromatic amines is 1. The predicted molar refractivity (Wildman–Crippen MR) is 110 cm³/mol. The maximum atomic E-state index is 5.48. The van der Waals surface area contributed by atoms with Crippen LogP contribution < -0.4 is 20.1 Å². The van der Waals surface area contributed by atoms with Crippen molar-refractivity contribution in [1.82, 2.24) is 15.6 Å². The third kappa shape index (κ3) is 4.34. The minimum Gasteiger partial charge on any atom is -0.493 e. The van der Waals surface area contributed by atoms with E-state index in [1.165, 1.54) is 16.5 Å². The Labute approximate surface area is 159 Å². The summed E-state index contributed by atoms with van der Waals surface area (Å²) in [5.41, 5.74) is 3.47. The molecule has 0 aliphatic carbocycles. The van der Waals surface area contributed by atoms with E-state index in [9.17, 15) is 0 Å². The van der Waals surface area contributed by atoms with E-state index in [0.29, 0.717) is 6.54 Å². The lowest BCUT2D eigenvalue weighted by Crippen LogP contribution is -2.37. The Bertz CT molecular complexity index is 917. The monoisotopic (exact) mass is 366 g/mol. The van der Waals surface area contributed by atoms with E-state index in [-0.39, 0.29) is 0 Å². The van der Waals surface area contributed by atoms with Crippen LogP contribution in [0.15, 0.2) is 53.7 Å². The molecule has 0 saturated carbocycles. The first-order valence-corrected chi connectivity index (χ1v) is 8.96. The number of fused-ring (bicyclic) bond motifs is 1. The number of aliphatic imine (C=N–C) groups is 1. The number of nitrogens with zero attached hydrogens (tertiary/aromatic N) is 1. The first kappa shape index (κ1) is 18.6. The van der Waals surface area contributed by atoms with E-state index >= 15 is 0 Å². The molecule has 0 bridgehead atoms. The SMILES string of the molecule is CN=C(NCCc1c[nH]c2ccccc12)NCc1cccc(OC)c1OC. The molecule has 6 heteroatoms. The number of benzene rings is 2. The Morgan fingerprint density at radius 2 is 1.85 bits per heavy atom. The highest BCUT2D eigenvalue weighted by molar-refractivity contribution is 5.83. The zero-order chi connectivity index (χ0) is 19.1. The third-order valence-electron chi connectivity index (χ3n) is 4.52. The average molecular weight is 366 g/mol. The van der Waals surface area contributed by atoms with E-state index in [0.717, 1.165) is 36.0 Å². The van der Waals surface area contributed by atoms with Crippen molar-refractivity contribution in [3.63, 3.8) is 0 Å². The molecule has 6 nitrogen and oxygen atoms in total. The third-order valence-corrected chi connectivity index (χ3v) is 4.52. The van der Waals surface area contributed by atoms with E-state index in [1.54, 1.807) is 21.3 Å². The fourth-order valence-corrected chi connectivity index (χ4v) is 3.15. The lowest BCUT2D eigenvalue weighted by Gasteiger charge is -2.15. The van der Waals surface area contributed by atoms with E-state index in [4.69, 9.17) is 9.47 Å². The smallest absolute Gasteiger partial charge is 0.191 e. The van der Waals surface area contributed by atoms with Crippen molar-refractivity contribution >= 4 is 16.9 Å². The Morgan fingerprint density at radius 1 is 1.00 bits per heavy atom. The number of guanidine groups is 1. The van der Waals surface area contributed by atoms with Crippen LogP contribution in [0, 0.1) is 0 Å². The molecule has 142 valence electrons. The van der Waals surface area contributed by atoms with Gasteiger partial charge in [-0.2, -0.15) is 0 Å². The zero-order valence-corrected chi connectivity index (χ0v) is 16.0. The maximum Gasteiger partial charge on any atom is 0.191 e. The zero-order valence-electron chi connectivity index (χ0n) is 16.0. The number of rotatable bonds is 7. The molecule has 0 atom stereocenters. The lowest BCUT2D eigenvalue weighted by atomic mass is 10.1. The molecular weight excluding hydrogens is 340 g/mol. The Hall–Kier alpha value is -3.15. The van der Waals surface area contributed by atoms with Gasteiger partial charge in [-0.1, -0.05) is 30.3 Å². The standard InChI is InChI=1S/C21H26N4O2/c1-22-21(25-14-16-7-6-10-19(26-2)20(16)27-3)23-12-11-15-13-24-18-9-5-4-8-17(15)18/h4-10,13,24H,11-12,14H2,1-3H3,(H2,22,23,25). The molecule has 0 aliphatic rings. The molecule has 0 radical (unpaired) electrons. The number of H-pyrrole nitrogens is 1. The van der Waals surface area contributed by atoms with Gasteiger partial charge in [-0.15, -0.1) is 0 Å². The molecule has 27 heavy (non-hydrogen) atoms. The van der Waals surface area contributed by atoms with Crippen molar-refractivity contribution < 1.29 is 9.47 Å². The Morgan fingerprint density at radius 3 is 2.63 bits per heavy atom. The molecule has 2 aromatic carbocycles. The van der Waals surface area contributed by atoms with Crippen LogP contribution in [0.5, 0.6) is 11.5 Å². The minimum atomic E-state index is 0.590. The largest absolute Gasteiger partial charge is 0.493 e. The number of ether oxygens (including phenoxy) is 2. The molecule has 0 aliphatic heterocycles. The van der Waals surface area contributed by atoms with Crippen molar-refractivity contribution in [2.45, 2.75) is 13.0 Å². The molecule has 1 aromatic heterocycles. The summed E-state index contributed by atoms with van der Waals surface area (Å²) in [6.45, 7) is 1.38. The van der Waals surface area contributed by atoms with Crippen molar-refractivity contribution in [3.8, 4) is 11.5 Å². The second-order valence-corrected chi connectivity index (χ2v) is 6.11. The van der Waals surface area contributed by atoms with Gasteiger partial charge in [0.25, 0.3) is 0 Å². The Balaban J connectivity index is 1.56. The van der Waals surface area contributed by atoms with Crippen LogP contribution in [0.3, 0.4) is 0 Å². The van der Waals surface area contributed by atoms with Gasteiger partial charge < -0.3 is 25.1 Å². The molecule has 3 aromatic rings. The highest BCUT2D eigenvalue weighted by atomic mass is 16.5. The molecule has 0 saturated heterocycles. The van der Waals surface area contributed by atoms with Gasteiger partial charge in [0.05, 0.1) is 14.2 Å². The van der Waals surface area contributed by atoms with Gasteiger partial charge in [0.1, 0.15) is 0 Å². The van der Waals surface area contributed by atoms with Crippen LogP contribution >= 0.6 is 0 Å². The lowest BCUT2D eigenvalue weighted by molar-refractivity contribution is 0.351. The highest BCUT2D eigenvalue weighted by Crippen LogP contribution is 2.30. The van der Waals surface area contributed by atoms with Crippen molar-refractivity contribution in [3.05, 3.63) is 59.8 Å². The molecule has 0 spiro atoms. The van der Waals surface area contributed by atoms with Crippen molar-refractivity contribution in [2.75, 3.05) is 27.8 Å². The molecule has 0 unspecified atom stereocenters. The number of para-hydroxylation sites is 2. The predicted octanol–water partition coefficient (Wildman–Crippen LogP) is 3.09. The van der Waals surface area contributed by atoms with Gasteiger partial charge in [0.15, 0.2) is 17.5 Å². The summed E-state index contributed by atoms with van der Waals surface area (Å²) < 4.78 is 10.8. The van der Waals surface area contributed by atoms with Gasteiger partial charge >= 0.3 is 0 Å². The second-order valence-electron chi connectivity index (χ2n) is 6.11. The summed E-state index contributed by atoms with van der Waals surface area (Å²) in [7, 11) is 5.06.